The van der Waals surface area contributed by atoms with E-state index in [1.165, 1.54) is 0 Å². The van der Waals surface area contributed by atoms with Crippen LogP contribution in [0.5, 0.6) is 0 Å². The molecule has 0 aliphatic carbocycles. The molecule has 2 amide bonds. The van der Waals surface area contributed by atoms with E-state index in [0.717, 1.165) is 12.0 Å². The second-order valence-corrected chi connectivity index (χ2v) is 4.32. The Bertz CT molecular complexity index is 610. The summed E-state index contributed by atoms with van der Waals surface area (Å²) in [4.78, 5) is 11.6. The first-order valence-corrected chi connectivity index (χ1v) is 6.38. The topological polar surface area (TPSA) is 130 Å². The largest absolute Gasteiger partial charge is 0.382 e. The first-order valence-electron chi connectivity index (χ1n) is 6.38. The molecule has 0 bridgehead atoms. The summed E-state index contributed by atoms with van der Waals surface area (Å²) >= 11 is 0. The number of nitrogens with zero attached hydrogens (tertiary/aromatic N) is 2. The van der Waals surface area contributed by atoms with Crippen LogP contribution in [0.3, 0.4) is 0 Å². The third-order valence-electron chi connectivity index (χ3n) is 2.77. The van der Waals surface area contributed by atoms with Crippen molar-refractivity contribution in [1.82, 2.24) is 20.9 Å². The van der Waals surface area contributed by atoms with Gasteiger partial charge in [-0.15, -0.1) is 0 Å². The van der Waals surface area contributed by atoms with Crippen molar-refractivity contribution < 1.29 is 9.42 Å². The van der Waals surface area contributed by atoms with Gasteiger partial charge < -0.3 is 16.4 Å². The van der Waals surface area contributed by atoms with E-state index in [4.69, 9.17) is 11.1 Å². The Kier molecular flexibility index (Phi) is 4.86. The number of carbonyl (C=O) groups is 1. The molecule has 0 fully saturated rings. The molecule has 1 aromatic carbocycles. The first-order chi connectivity index (χ1) is 10.2. The number of aromatic nitrogens is 2. The van der Waals surface area contributed by atoms with Gasteiger partial charge in [0.15, 0.2) is 5.69 Å². The fourth-order valence-corrected chi connectivity index (χ4v) is 1.72. The van der Waals surface area contributed by atoms with Gasteiger partial charge in [0.1, 0.15) is 11.5 Å². The van der Waals surface area contributed by atoms with Gasteiger partial charge in [0.2, 0.25) is 0 Å². The minimum Gasteiger partial charge on any atom is -0.382 e. The van der Waals surface area contributed by atoms with Crippen LogP contribution >= 0.6 is 0 Å². The number of hydrogen-bond acceptors (Lipinski definition) is 5. The van der Waals surface area contributed by atoms with E-state index in [2.05, 4.69) is 25.6 Å². The summed E-state index contributed by atoms with van der Waals surface area (Å²) in [5.41, 5.74) is 6.91. The van der Waals surface area contributed by atoms with Crippen molar-refractivity contribution in [2.24, 2.45) is 5.73 Å². The lowest BCUT2D eigenvalue weighted by atomic mass is 10.1. The van der Waals surface area contributed by atoms with E-state index < -0.39 is 0 Å². The van der Waals surface area contributed by atoms with Gasteiger partial charge in [-0.2, -0.15) is 0 Å². The van der Waals surface area contributed by atoms with Crippen LogP contribution in [0.1, 0.15) is 17.0 Å². The van der Waals surface area contributed by atoms with E-state index in [-0.39, 0.29) is 24.1 Å². The highest BCUT2D eigenvalue weighted by Gasteiger charge is 2.13. The smallest absolute Gasteiger partial charge is 0.315 e. The zero-order valence-electron chi connectivity index (χ0n) is 11.3. The number of nitrogens with one attached hydrogen (secondary N) is 3. The number of urea groups is 1. The molecule has 0 unspecified atom stereocenters. The molecule has 0 saturated carbocycles. The molecule has 8 nitrogen and oxygen atoms in total. The molecule has 0 atom stereocenters. The van der Waals surface area contributed by atoms with Gasteiger partial charge in [-0.25, -0.2) is 9.42 Å². The maximum Gasteiger partial charge on any atom is 0.315 e. The molecule has 1 heterocycles. The lowest BCUT2D eigenvalue weighted by molar-refractivity contribution is 0.240. The van der Waals surface area contributed by atoms with Gasteiger partial charge in [-0.3, -0.25) is 5.41 Å². The van der Waals surface area contributed by atoms with Crippen molar-refractivity contribution in [2.45, 2.75) is 13.0 Å². The van der Waals surface area contributed by atoms with Crippen LogP contribution in [0.4, 0.5) is 4.79 Å². The van der Waals surface area contributed by atoms with Gasteiger partial charge in [0.25, 0.3) is 0 Å². The molecule has 0 spiro atoms. The molecule has 2 aromatic rings. The number of rotatable bonds is 6. The normalized spacial score (nSPS) is 10.1. The number of hydrogen-bond donors (Lipinski definition) is 4. The van der Waals surface area contributed by atoms with E-state index in [1.807, 2.05) is 30.3 Å². The average Bonchev–Trinajstić information content (AvgIpc) is 2.95. The molecular weight excluding hydrogens is 272 g/mol. The van der Waals surface area contributed by atoms with E-state index in [0.29, 0.717) is 12.2 Å². The Hall–Kier alpha value is -2.90. The van der Waals surface area contributed by atoms with Gasteiger partial charge in [-0.1, -0.05) is 35.5 Å². The molecule has 0 aliphatic heterocycles. The summed E-state index contributed by atoms with van der Waals surface area (Å²) in [6, 6.07) is 9.53. The van der Waals surface area contributed by atoms with Gasteiger partial charge in [0, 0.05) is 6.54 Å². The summed E-state index contributed by atoms with van der Waals surface area (Å²) in [7, 11) is 0. The minimum absolute atomic E-state index is 0.0928. The molecule has 0 saturated heterocycles. The summed E-state index contributed by atoms with van der Waals surface area (Å²) in [6.07, 6.45) is 0.748. The maximum atomic E-state index is 11.6. The van der Waals surface area contributed by atoms with Crippen molar-refractivity contribution in [3.05, 3.63) is 47.3 Å². The summed E-state index contributed by atoms with van der Waals surface area (Å²) in [5, 5.41) is 19.7. The standard InChI is InChI=1S/C13H16N6O2/c14-12(15)11-10(18-21-19-11)8-17-13(20)16-7-6-9-4-2-1-3-5-9/h1-5H,6-8H2,(H3,14,15)(H2,16,17,20). The second kappa shape index (κ2) is 7.04. The molecule has 110 valence electrons. The summed E-state index contributed by atoms with van der Waals surface area (Å²) in [6.45, 7) is 0.613. The van der Waals surface area contributed by atoms with E-state index >= 15 is 0 Å². The highest BCUT2D eigenvalue weighted by molar-refractivity contribution is 5.93. The van der Waals surface area contributed by atoms with Gasteiger partial charge >= 0.3 is 6.03 Å². The van der Waals surface area contributed by atoms with Crippen molar-refractivity contribution in [3.8, 4) is 0 Å². The lowest BCUT2D eigenvalue weighted by Crippen LogP contribution is -2.36. The monoisotopic (exact) mass is 288 g/mol. The Morgan fingerprint density at radius 3 is 2.71 bits per heavy atom. The van der Waals surface area contributed by atoms with Crippen molar-refractivity contribution in [1.29, 1.82) is 5.41 Å². The number of nitrogens with two attached hydrogens (primary N) is 1. The van der Waals surface area contributed by atoms with Crippen LogP contribution in [-0.2, 0) is 13.0 Å². The highest BCUT2D eigenvalue weighted by Crippen LogP contribution is 2.01. The number of benzene rings is 1. The Morgan fingerprint density at radius 1 is 1.24 bits per heavy atom. The molecule has 5 N–H and O–H groups in total. The average molecular weight is 288 g/mol. The quantitative estimate of drug-likeness (QED) is 0.451. The third kappa shape index (κ3) is 4.30. The summed E-state index contributed by atoms with van der Waals surface area (Å²) < 4.78 is 4.49. The second-order valence-electron chi connectivity index (χ2n) is 4.32. The molecular formula is C13H16N6O2. The van der Waals surface area contributed by atoms with E-state index in [9.17, 15) is 4.79 Å². The lowest BCUT2D eigenvalue weighted by Gasteiger charge is -2.06. The van der Waals surface area contributed by atoms with Crippen LogP contribution in [-0.4, -0.2) is 28.7 Å². The van der Waals surface area contributed by atoms with Gasteiger partial charge in [0.05, 0.1) is 6.54 Å². The zero-order valence-corrected chi connectivity index (χ0v) is 11.3. The predicted molar refractivity (Wildman–Crippen MR) is 75.7 cm³/mol. The van der Waals surface area contributed by atoms with Crippen LogP contribution < -0.4 is 16.4 Å². The predicted octanol–water partition coefficient (Wildman–Crippen LogP) is 0.396. The van der Waals surface area contributed by atoms with Crippen molar-refractivity contribution >= 4 is 11.9 Å². The molecule has 1 aromatic heterocycles. The van der Waals surface area contributed by atoms with Crippen LogP contribution in [0.15, 0.2) is 35.0 Å². The van der Waals surface area contributed by atoms with E-state index in [1.54, 1.807) is 0 Å². The molecule has 2 rings (SSSR count). The first kappa shape index (κ1) is 14.5. The van der Waals surface area contributed by atoms with Gasteiger partial charge in [-0.05, 0) is 17.1 Å². The fourth-order valence-electron chi connectivity index (χ4n) is 1.72. The summed E-state index contributed by atoms with van der Waals surface area (Å²) in [5.74, 6) is -0.252. The number of amides is 2. The van der Waals surface area contributed by atoms with Crippen LogP contribution in [0, 0.1) is 5.41 Å². The molecule has 21 heavy (non-hydrogen) atoms. The van der Waals surface area contributed by atoms with Crippen LogP contribution in [0.25, 0.3) is 0 Å². The Morgan fingerprint density at radius 2 is 2.00 bits per heavy atom. The fraction of sp³-hybridized carbons (Fsp3) is 0.231. The molecule has 8 heteroatoms. The van der Waals surface area contributed by atoms with Crippen molar-refractivity contribution in [2.75, 3.05) is 6.54 Å². The van der Waals surface area contributed by atoms with Crippen LogP contribution in [0.2, 0.25) is 0 Å². The Balaban J connectivity index is 1.72. The minimum atomic E-state index is -0.330. The molecule has 0 aliphatic rings. The third-order valence-corrected chi connectivity index (χ3v) is 2.77. The SMILES string of the molecule is N=C(N)c1nonc1CNC(=O)NCCc1ccccc1. The number of amidine groups is 1. The van der Waals surface area contributed by atoms with Crippen molar-refractivity contribution in [3.63, 3.8) is 0 Å². The molecule has 0 radical (unpaired) electrons. The number of nitrogen functional groups attached to an aromatic ring is 1. The highest BCUT2D eigenvalue weighted by atomic mass is 16.6. The Labute approximate surface area is 121 Å². The maximum absolute atomic E-state index is 11.6. The zero-order chi connectivity index (χ0) is 15.1. The number of carbonyl (C=O) groups excluding carboxylic acids is 1.